The second-order valence-electron chi connectivity index (χ2n) is 8.05. The molecule has 0 fully saturated rings. The number of likely N-dealkylation sites (N-methyl/N-ethyl adjacent to an activating group) is 1. The molecule has 0 radical (unpaired) electrons. The summed E-state index contributed by atoms with van der Waals surface area (Å²) in [7, 11) is 1.70. The Hall–Kier alpha value is -3.12. The van der Waals surface area contributed by atoms with Gasteiger partial charge in [0.05, 0.1) is 18.2 Å². The standard InChI is InChI=1S/C25H28ClN3O3/c1-17(2)23(29(3)25(31)28-15-20-10-6-7-11-22(20)26)16-32-24(30)13-21-12-18-8-4-5-9-19(18)14-27-21/h4-12,14,17,23H,13,15-16H2,1-3H3,(H,28,31)/t23-/m1/s1. The van der Waals surface area contributed by atoms with E-state index in [1.165, 1.54) is 0 Å². The number of carbonyl (C=O) groups excluding carboxylic acids is 2. The van der Waals surface area contributed by atoms with Crippen molar-refractivity contribution in [2.75, 3.05) is 13.7 Å². The summed E-state index contributed by atoms with van der Waals surface area (Å²) in [5.74, 6) is -0.277. The fraction of sp³-hybridized carbons (Fsp3) is 0.320. The molecule has 2 amide bonds. The quantitative estimate of drug-likeness (QED) is 0.495. The van der Waals surface area contributed by atoms with Crippen LogP contribution in [0.15, 0.2) is 60.8 Å². The van der Waals surface area contributed by atoms with E-state index in [-0.39, 0.29) is 37.0 Å². The second-order valence-corrected chi connectivity index (χ2v) is 8.46. The maximum absolute atomic E-state index is 12.7. The summed E-state index contributed by atoms with van der Waals surface area (Å²) in [5.41, 5.74) is 1.49. The molecule has 0 bridgehead atoms. The highest BCUT2D eigenvalue weighted by molar-refractivity contribution is 6.31. The van der Waals surface area contributed by atoms with Crippen molar-refractivity contribution in [1.82, 2.24) is 15.2 Å². The zero-order valence-corrected chi connectivity index (χ0v) is 19.3. The van der Waals surface area contributed by atoms with Crippen LogP contribution >= 0.6 is 11.6 Å². The molecule has 32 heavy (non-hydrogen) atoms. The van der Waals surface area contributed by atoms with Gasteiger partial charge in [-0.25, -0.2) is 4.79 Å². The second kappa shape index (κ2) is 11.0. The smallest absolute Gasteiger partial charge is 0.317 e. The van der Waals surface area contributed by atoms with Crippen LogP contribution in [0.2, 0.25) is 5.02 Å². The molecule has 0 spiro atoms. The average Bonchev–Trinajstić information content (AvgIpc) is 2.78. The number of pyridine rings is 1. The number of fused-ring (bicyclic) bond motifs is 1. The van der Waals surface area contributed by atoms with Gasteiger partial charge in [0.1, 0.15) is 6.61 Å². The molecule has 0 saturated carbocycles. The Morgan fingerprint density at radius 1 is 1.09 bits per heavy atom. The van der Waals surface area contributed by atoms with Gasteiger partial charge in [-0.05, 0) is 29.0 Å². The van der Waals surface area contributed by atoms with Gasteiger partial charge in [0, 0.05) is 30.2 Å². The Morgan fingerprint density at radius 2 is 1.78 bits per heavy atom. The number of aromatic nitrogens is 1. The van der Waals surface area contributed by atoms with Gasteiger partial charge in [0.25, 0.3) is 0 Å². The number of halogens is 1. The number of esters is 1. The van der Waals surface area contributed by atoms with Gasteiger partial charge in [-0.2, -0.15) is 0 Å². The van der Waals surface area contributed by atoms with E-state index in [1.54, 1.807) is 24.2 Å². The van der Waals surface area contributed by atoms with E-state index in [0.29, 0.717) is 17.3 Å². The third-order valence-electron chi connectivity index (χ3n) is 5.40. The number of urea groups is 1. The van der Waals surface area contributed by atoms with Crippen molar-refractivity contribution in [1.29, 1.82) is 0 Å². The van der Waals surface area contributed by atoms with Gasteiger partial charge in [-0.15, -0.1) is 0 Å². The van der Waals surface area contributed by atoms with Crippen LogP contribution < -0.4 is 5.32 Å². The summed E-state index contributed by atoms with van der Waals surface area (Å²) in [6.07, 6.45) is 1.84. The third kappa shape index (κ3) is 6.20. The lowest BCUT2D eigenvalue weighted by Gasteiger charge is -2.31. The molecular weight excluding hydrogens is 426 g/mol. The van der Waals surface area contributed by atoms with E-state index in [1.807, 2.05) is 62.4 Å². The first-order valence-electron chi connectivity index (χ1n) is 10.6. The van der Waals surface area contributed by atoms with Crippen LogP contribution in [0.3, 0.4) is 0 Å². The largest absolute Gasteiger partial charge is 0.463 e. The number of nitrogens with zero attached hydrogens (tertiary/aromatic N) is 2. The first-order valence-corrected chi connectivity index (χ1v) is 11.0. The van der Waals surface area contributed by atoms with Crippen LogP contribution in [-0.4, -0.2) is 41.6 Å². The average molecular weight is 454 g/mol. The summed E-state index contributed by atoms with van der Waals surface area (Å²) in [6.45, 7) is 4.41. The van der Waals surface area contributed by atoms with Crippen molar-refractivity contribution < 1.29 is 14.3 Å². The van der Waals surface area contributed by atoms with Gasteiger partial charge in [-0.3, -0.25) is 9.78 Å². The van der Waals surface area contributed by atoms with Gasteiger partial charge in [0.2, 0.25) is 0 Å². The van der Waals surface area contributed by atoms with Crippen LogP contribution in [0.5, 0.6) is 0 Å². The van der Waals surface area contributed by atoms with E-state index >= 15 is 0 Å². The molecule has 7 heteroatoms. The Bertz CT molecular complexity index is 1090. The number of carbonyl (C=O) groups is 2. The lowest BCUT2D eigenvalue weighted by Crippen LogP contribution is -2.48. The minimum Gasteiger partial charge on any atom is -0.463 e. The number of benzene rings is 2. The van der Waals surface area contributed by atoms with Crippen molar-refractivity contribution in [3.63, 3.8) is 0 Å². The fourth-order valence-electron chi connectivity index (χ4n) is 3.44. The van der Waals surface area contributed by atoms with Crippen molar-refractivity contribution >= 4 is 34.4 Å². The first kappa shape index (κ1) is 23.5. The van der Waals surface area contributed by atoms with Crippen molar-refractivity contribution in [2.24, 2.45) is 5.92 Å². The highest BCUT2D eigenvalue weighted by atomic mass is 35.5. The van der Waals surface area contributed by atoms with Crippen LogP contribution in [-0.2, 0) is 22.5 Å². The minimum atomic E-state index is -0.372. The molecule has 1 N–H and O–H groups in total. The maximum Gasteiger partial charge on any atom is 0.317 e. The summed E-state index contributed by atoms with van der Waals surface area (Å²) in [6, 6.07) is 16.6. The molecule has 6 nitrogen and oxygen atoms in total. The summed E-state index contributed by atoms with van der Waals surface area (Å²) < 4.78 is 5.51. The normalized spacial score (nSPS) is 11.9. The number of hydrogen-bond donors (Lipinski definition) is 1. The molecule has 2 aromatic carbocycles. The van der Waals surface area contributed by atoms with E-state index < -0.39 is 0 Å². The monoisotopic (exact) mass is 453 g/mol. The number of rotatable bonds is 8. The number of ether oxygens (including phenoxy) is 1. The maximum atomic E-state index is 12.7. The SMILES string of the molecule is CC(C)[C@@H](COC(=O)Cc1cc2ccccc2cn1)N(C)C(=O)NCc1ccccc1Cl. The fourth-order valence-corrected chi connectivity index (χ4v) is 3.64. The highest BCUT2D eigenvalue weighted by Crippen LogP contribution is 2.16. The third-order valence-corrected chi connectivity index (χ3v) is 5.77. The summed E-state index contributed by atoms with van der Waals surface area (Å²) in [4.78, 5) is 31.0. The Labute approximate surface area is 193 Å². The Balaban J connectivity index is 1.54. The molecule has 168 valence electrons. The van der Waals surface area contributed by atoms with Crippen LogP contribution in [0.25, 0.3) is 10.8 Å². The van der Waals surface area contributed by atoms with Crippen molar-refractivity contribution in [2.45, 2.75) is 32.9 Å². The molecule has 1 aromatic heterocycles. The predicted molar refractivity (Wildman–Crippen MR) is 126 cm³/mol. The highest BCUT2D eigenvalue weighted by Gasteiger charge is 2.25. The molecular formula is C25H28ClN3O3. The Kier molecular flexibility index (Phi) is 8.06. The topological polar surface area (TPSA) is 71.5 Å². The van der Waals surface area contributed by atoms with Gasteiger partial charge in [-0.1, -0.05) is 67.9 Å². The Morgan fingerprint density at radius 3 is 2.50 bits per heavy atom. The zero-order chi connectivity index (χ0) is 23.1. The number of nitrogens with one attached hydrogen (secondary N) is 1. The minimum absolute atomic E-state index is 0.0814. The lowest BCUT2D eigenvalue weighted by atomic mass is 10.0. The number of hydrogen-bond acceptors (Lipinski definition) is 4. The molecule has 0 aliphatic heterocycles. The van der Waals surface area contributed by atoms with E-state index in [0.717, 1.165) is 16.3 Å². The summed E-state index contributed by atoms with van der Waals surface area (Å²) in [5, 5.41) is 5.53. The molecule has 0 aliphatic carbocycles. The molecule has 1 heterocycles. The predicted octanol–water partition coefficient (Wildman–Crippen LogP) is 4.84. The van der Waals surface area contributed by atoms with Gasteiger partial charge >= 0.3 is 12.0 Å². The molecule has 0 unspecified atom stereocenters. The van der Waals surface area contributed by atoms with Crippen molar-refractivity contribution in [3.05, 3.63) is 77.1 Å². The van der Waals surface area contributed by atoms with E-state index in [9.17, 15) is 9.59 Å². The van der Waals surface area contributed by atoms with Crippen LogP contribution in [0, 0.1) is 5.92 Å². The van der Waals surface area contributed by atoms with Crippen LogP contribution in [0.4, 0.5) is 4.79 Å². The van der Waals surface area contributed by atoms with Crippen LogP contribution in [0.1, 0.15) is 25.1 Å². The van der Waals surface area contributed by atoms with E-state index in [2.05, 4.69) is 10.3 Å². The molecule has 0 aliphatic rings. The molecule has 1 atom stereocenters. The summed E-state index contributed by atoms with van der Waals surface area (Å²) >= 11 is 6.16. The van der Waals surface area contributed by atoms with Gasteiger partial charge < -0.3 is 15.0 Å². The molecule has 3 aromatic rings. The van der Waals surface area contributed by atoms with Crippen molar-refractivity contribution in [3.8, 4) is 0 Å². The zero-order valence-electron chi connectivity index (χ0n) is 18.5. The molecule has 3 rings (SSSR count). The first-order chi connectivity index (χ1) is 15.3. The molecule has 0 saturated heterocycles. The lowest BCUT2D eigenvalue weighted by molar-refractivity contribution is -0.144. The number of amides is 2. The van der Waals surface area contributed by atoms with E-state index in [4.69, 9.17) is 16.3 Å². The van der Waals surface area contributed by atoms with Gasteiger partial charge in [0.15, 0.2) is 0 Å².